The molecule has 2 aromatic rings. The number of rotatable bonds is 3. The highest BCUT2D eigenvalue weighted by molar-refractivity contribution is 5.60. The Morgan fingerprint density at radius 3 is 2.29 bits per heavy atom. The second-order valence-corrected chi connectivity index (χ2v) is 6.95. The molecule has 6 nitrogen and oxygen atoms in total. The van der Waals surface area contributed by atoms with Crippen molar-refractivity contribution in [3.8, 4) is 0 Å². The Bertz CT molecular complexity index is 826. The summed E-state index contributed by atoms with van der Waals surface area (Å²) >= 11 is 0. The van der Waals surface area contributed by atoms with E-state index in [-0.39, 0.29) is 0 Å². The van der Waals surface area contributed by atoms with Crippen LogP contribution in [-0.2, 0) is 15.7 Å². The maximum Gasteiger partial charge on any atom is 0.416 e. The van der Waals surface area contributed by atoms with Crippen molar-refractivity contribution in [1.82, 2.24) is 9.97 Å². The Hall–Kier alpha value is -2.39. The van der Waals surface area contributed by atoms with Crippen LogP contribution in [0.3, 0.4) is 0 Å². The lowest BCUT2D eigenvalue weighted by atomic mass is 10.0. The average Bonchev–Trinajstić information content (AvgIpc) is 3.09. The molecule has 0 radical (unpaired) electrons. The van der Waals surface area contributed by atoms with Crippen molar-refractivity contribution in [2.45, 2.75) is 31.7 Å². The largest absolute Gasteiger partial charge is 0.416 e. The van der Waals surface area contributed by atoms with E-state index in [9.17, 15) is 13.2 Å². The molecule has 0 amide bonds. The van der Waals surface area contributed by atoms with Crippen molar-refractivity contribution in [2.75, 3.05) is 36.5 Å². The third-order valence-electron chi connectivity index (χ3n) is 4.97. The number of benzene rings is 1. The summed E-state index contributed by atoms with van der Waals surface area (Å²) in [6, 6.07) is 6.67. The van der Waals surface area contributed by atoms with Gasteiger partial charge in [0.05, 0.1) is 18.8 Å². The van der Waals surface area contributed by atoms with Gasteiger partial charge in [0.15, 0.2) is 5.79 Å². The molecule has 2 aliphatic rings. The van der Waals surface area contributed by atoms with Crippen molar-refractivity contribution in [1.29, 1.82) is 0 Å². The number of alkyl halides is 3. The molecule has 28 heavy (non-hydrogen) atoms. The van der Waals surface area contributed by atoms with Gasteiger partial charge in [-0.1, -0.05) is 0 Å². The molecule has 0 atom stereocenters. The number of hydrogen-bond donors (Lipinski definition) is 1. The zero-order chi connectivity index (χ0) is 19.8. The summed E-state index contributed by atoms with van der Waals surface area (Å²) in [5.41, 5.74) is -0.154. The molecule has 0 aliphatic carbocycles. The summed E-state index contributed by atoms with van der Waals surface area (Å²) in [5, 5.41) is 3.06. The van der Waals surface area contributed by atoms with Crippen LogP contribution >= 0.6 is 0 Å². The second-order valence-electron chi connectivity index (χ2n) is 6.95. The number of halogens is 3. The Morgan fingerprint density at radius 1 is 1.04 bits per heavy atom. The highest BCUT2D eigenvalue weighted by Crippen LogP contribution is 2.34. The predicted octanol–water partition coefficient (Wildman–Crippen LogP) is 3.89. The summed E-state index contributed by atoms with van der Waals surface area (Å²) in [6.45, 7) is 4.55. The number of aryl methyl sites for hydroxylation is 1. The molecule has 4 rings (SSSR count). The smallest absolute Gasteiger partial charge is 0.356 e. The Morgan fingerprint density at radius 2 is 1.68 bits per heavy atom. The van der Waals surface area contributed by atoms with Crippen LogP contribution in [0, 0.1) is 6.92 Å². The van der Waals surface area contributed by atoms with E-state index in [1.807, 2.05) is 0 Å². The van der Waals surface area contributed by atoms with Gasteiger partial charge >= 0.3 is 6.18 Å². The number of anilines is 3. The quantitative estimate of drug-likeness (QED) is 0.852. The molecule has 2 fully saturated rings. The van der Waals surface area contributed by atoms with E-state index in [1.54, 1.807) is 13.0 Å². The molecule has 0 bridgehead atoms. The van der Waals surface area contributed by atoms with Crippen LogP contribution in [0.5, 0.6) is 0 Å². The maximum absolute atomic E-state index is 12.7. The van der Waals surface area contributed by atoms with E-state index in [0.717, 1.165) is 43.9 Å². The molecule has 1 aromatic heterocycles. The van der Waals surface area contributed by atoms with E-state index in [2.05, 4.69) is 20.2 Å². The molecule has 150 valence electrons. The molecular formula is C19H21F3N4O2. The standard InChI is InChI=1S/C19H21F3N4O2/c1-13-23-16(25-15-4-2-14(3-5-15)19(20,21)22)12-17(24-13)26-8-6-18(7-9-26)27-10-11-28-18/h2-5,12H,6-11H2,1H3,(H,23,24,25). The SMILES string of the molecule is Cc1nc(Nc2ccc(C(F)(F)F)cc2)cc(N2CCC3(CC2)OCCO3)n1. The number of ether oxygens (including phenoxy) is 2. The van der Waals surface area contributed by atoms with Gasteiger partial charge in [0.2, 0.25) is 0 Å². The predicted molar refractivity (Wildman–Crippen MR) is 97.6 cm³/mol. The zero-order valence-electron chi connectivity index (χ0n) is 15.4. The fourth-order valence-electron chi connectivity index (χ4n) is 3.53. The molecule has 2 saturated heterocycles. The lowest BCUT2D eigenvalue weighted by Gasteiger charge is -2.38. The van der Waals surface area contributed by atoms with E-state index in [4.69, 9.17) is 9.47 Å². The molecule has 0 unspecified atom stereocenters. The molecular weight excluding hydrogens is 373 g/mol. The highest BCUT2D eigenvalue weighted by atomic mass is 19.4. The van der Waals surface area contributed by atoms with Crippen molar-refractivity contribution < 1.29 is 22.6 Å². The van der Waals surface area contributed by atoms with Gasteiger partial charge in [-0.25, -0.2) is 9.97 Å². The minimum absolute atomic E-state index is 0.458. The van der Waals surface area contributed by atoms with Gasteiger partial charge in [0, 0.05) is 37.7 Å². The van der Waals surface area contributed by atoms with Crippen LogP contribution in [0.1, 0.15) is 24.2 Å². The first-order chi connectivity index (χ1) is 13.3. The number of aromatic nitrogens is 2. The molecule has 1 aromatic carbocycles. The number of hydrogen-bond acceptors (Lipinski definition) is 6. The van der Waals surface area contributed by atoms with Crippen molar-refractivity contribution in [2.24, 2.45) is 0 Å². The van der Waals surface area contributed by atoms with E-state index >= 15 is 0 Å². The summed E-state index contributed by atoms with van der Waals surface area (Å²) in [5.74, 6) is 1.44. The summed E-state index contributed by atoms with van der Waals surface area (Å²) in [4.78, 5) is 11.0. The molecule has 1 N–H and O–H groups in total. The fraction of sp³-hybridized carbons (Fsp3) is 0.474. The average molecular weight is 394 g/mol. The fourth-order valence-corrected chi connectivity index (χ4v) is 3.53. The first kappa shape index (κ1) is 18.9. The van der Waals surface area contributed by atoms with E-state index in [1.165, 1.54) is 12.1 Å². The third kappa shape index (κ3) is 4.05. The van der Waals surface area contributed by atoms with Crippen LogP contribution in [0.25, 0.3) is 0 Å². The summed E-state index contributed by atoms with van der Waals surface area (Å²) in [6.07, 6.45) is -2.83. The second kappa shape index (κ2) is 7.21. The monoisotopic (exact) mass is 394 g/mol. The van der Waals surface area contributed by atoms with Crippen molar-refractivity contribution in [3.05, 3.63) is 41.7 Å². The summed E-state index contributed by atoms with van der Waals surface area (Å²) in [7, 11) is 0. The van der Waals surface area contributed by atoms with Gasteiger partial charge in [-0.2, -0.15) is 13.2 Å². The number of nitrogens with one attached hydrogen (secondary N) is 1. The molecule has 2 aliphatic heterocycles. The van der Waals surface area contributed by atoms with E-state index in [0.29, 0.717) is 30.5 Å². The van der Waals surface area contributed by atoms with Crippen LogP contribution in [-0.4, -0.2) is 42.1 Å². The Kier molecular flexibility index (Phi) is 4.88. The third-order valence-corrected chi connectivity index (χ3v) is 4.97. The van der Waals surface area contributed by atoms with Gasteiger partial charge in [-0.3, -0.25) is 0 Å². The molecule has 0 saturated carbocycles. The van der Waals surface area contributed by atoms with Crippen molar-refractivity contribution >= 4 is 17.3 Å². The van der Waals surface area contributed by atoms with Gasteiger partial charge in [-0.05, 0) is 31.2 Å². The molecule has 9 heteroatoms. The number of nitrogens with zero attached hydrogens (tertiary/aromatic N) is 3. The molecule has 3 heterocycles. The molecule has 1 spiro atoms. The normalized spacial score (nSPS) is 19.2. The minimum Gasteiger partial charge on any atom is -0.356 e. The highest BCUT2D eigenvalue weighted by Gasteiger charge is 2.40. The maximum atomic E-state index is 12.7. The Labute approximate surface area is 160 Å². The Balaban J connectivity index is 1.47. The van der Waals surface area contributed by atoms with Crippen LogP contribution in [0.2, 0.25) is 0 Å². The first-order valence-electron chi connectivity index (χ1n) is 9.16. The van der Waals surface area contributed by atoms with Crippen LogP contribution in [0.4, 0.5) is 30.5 Å². The van der Waals surface area contributed by atoms with Gasteiger partial charge in [0.25, 0.3) is 0 Å². The van der Waals surface area contributed by atoms with Gasteiger partial charge in [-0.15, -0.1) is 0 Å². The zero-order valence-corrected chi connectivity index (χ0v) is 15.4. The van der Waals surface area contributed by atoms with Crippen LogP contribution in [0.15, 0.2) is 30.3 Å². The van der Waals surface area contributed by atoms with Crippen molar-refractivity contribution in [3.63, 3.8) is 0 Å². The topological polar surface area (TPSA) is 59.5 Å². The van der Waals surface area contributed by atoms with Gasteiger partial charge < -0.3 is 19.7 Å². The van der Waals surface area contributed by atoms with Gasteiger partial charge in [0.1, 0.15) is 17.5 Å². The lowest BCUT2D eigenvalue weighted by molar-refractivity contribution is -0.169. The summed E-state index contributed by atoms with van der Waals surface area (Å²) < 4.78 is 49.6. The van der Waals surface area contributed by atoms with E-state index < -0.39 is 17.5 Å². The first-order valence-corrected chi connectivity index (χ1v) is 9.16. The van der Waals surface area contributed by atoms with Crippen LogP contribution < -0.4 is 10.2 Å². The number of piperidine rings is 1. The lowest BCUT2D eigenvalue weighted by Crippen LogP contribution is -2.45. The minimum atomic E-state index is -4.35.